The number of pyridine rings is 1. The smallest absolute Gasteiger partial charge is 0.137 e. The maximum atomic E-state index is 6.72. The van der Waals surface area contributed by atoms with Gasteiger partial charge in [0, 0.05) is 17.8 Å². The van der Waals surface area contributed by atoms with Gasteiger partial charge in [0.25, 0.3) is 0 Å². The average molecular weight is 291 g/mol. The fourth-order valence-corrected chi connectivity index (χ4v) is 3.83. The number of nitrogens with two attached hydrogens (primary N) is 1. The highest BCUT2D eigenvalue weighted by Gasteiger charge is 2.44. The predicted octanol–water partition coefficient (Wildman–Crippen LogP) is 3.13. The number of rotatable bonds is 7. The van der Waals surface area contributed by atoms with Crippen LogP contribution in [0.2, 0.25) is 0 Å². The normalized spacial score (nSPS) is 18.9. The van der Waals surface area contributed by atoms with E-state index in [1.807, 2.05) is 13.1 Å². The van der Waals surface area contributed by atoms with E-state index >= 15 is 0 Å². The topological polar surface area (TPSA) is 51.4 Å². The monoisotopic (exact) mass is 291 g/mol. The molecule has 1 aliphatic rings. The summed E-state index contributed by atoms with van der Waals surface area (Å²) in [5.74, 6) is 0.818. The van der Waals surface area contributed by atoms with E-state index in [9.17, 15) is 0 Å². The van der Waals surface area contributed by atoms with Crippen molar-refractivity contribution in [3.63, 3.8) is 0 Å². The van der Waals surface area contributed by atoms with Crippen LogP contribution in [0.3, 0.4) is 0 Å². The van der Waals surface area contributed by atoms with Crippen LogP contribution in [0.15, 0.2) is 18.5 Å². The Morgan fingerprint density at radius 3 is 2.48 bits per heavy atom. The third-order valence-electron chi connectivity index (χ3n) is 4.85. The fraction of sp³-hybridized carbons (Fsp3) is 0.706. The molecular weight excluding hydrogens is 262 g/mol. The zero-order valence-electron chi connectivity index (χ0n) is 13.6. The molecule has 0 bridgehead atoms. The van der Waals surface area contributed by atoms with Crippen molar-refractivity contribution in [1.29, 1.82) is 0 Å². The van der Waals surface area contributed by atoms with Gasteiger partial charge in [0.1, 0.15) is 5.75 Å². The first kappa shape index (κ1) is 16.2. The van der Waals surface area contributed by atoms with Gasteiger partial charge in [-0.05, 0) is 44.5 Å². The summed E-state index contributed by atoms with van der Waals surface area (Å²) in [6.07, 6.45) is 8.55. The van der Waals surface area contributed by atoms with Gasteiger partial charge in [0.15, 0.2) is 0 Å². The molecule has 0 spiro atoms. The van der Waals surface area contributed by atoms with Crippen LogP contribution in [0.4, 0.5) is 0 Å². The summed E-state index contributed by atoms with van der Waals surface area (Å²) in [6.45, 7) is 9.18. The SMILES string of the molecule is CCOc1cncc(C(N)C2(N(CC)CC)CCCC2)c1. The molecule has 4 nitrogen and oxygen atoms in total. The lowest BCUT2D eigenvalue weighted by molar-refractivity contribution is 0.0768. The molecule has 21 heavy (non-hydrogen) atoms. The maximum Gasteiger partial charge on any atom is 0.137 e. The Hall–Kier alpha value is -1.13. The average Bonchev–Trinajstić information content (AvgIpc) is 2.99. The van der Waals surface area contributed by atoms with Crippen molar-refractivity contribution in [1.82, 2.24) is 9.88 Å². The van der Waals surface area contributed by atoms with Gasteiger partial charge in [-0.2, -0.15) is 0 Å². The molecule has 118 valence electrons. The predicted molar refractivity (Wildman–Crippen MR) is 86.5 cm³/mol. The third kappa shape index (κ3) is 3.22. The van der Waals surface area contributed by atoms with Gasteiger partial charge < -0.3 is 10.5 Å². The summed E-state index contributed by atoms with van der Waals surface area (Å²) < 4.78 is 5.57. The van der Waals surface area contributed by atoms with E-state index in [-0.39, 0.29) is 11.6 Å². The van der Waals surface area contributed by atoms with Crippen molar-refractivity contribution >= 4 is 0 Å². The third-order valence-corrected chi connectivity index (χ3v) is 4.85. The van der Waals surface area contributed by atoms with E-state index in [0.717, 1.165) is 24.4 Å². The first-order valence-electron chi connectivity index (χ1n) is 8.26. The Bertz CT molecular complexity index is 439. The Morgan fingerprint density at radius 2 is 1.90 bits per heavy atom. The lowest BCUT2D eigenvalue weighted by Crippen LogP contribution is -2.53. The molecule has 2 rings (SSSR count). The Kier molecular flexibility index (Phi) is 5.59. The van der Waals surface area contributed by atoms with E-state index in [1.54, 1.807) is 6.20 Å². The van der Waals surface area contributed by atoms with Gasteiger partial charge in [0.05, 0.1) is 12.8 Å². The van der Waals surface area contributed by atoms with Crippen molar-refractivity contribution < 1.29 is 4.74 Å². The highest BCUT2D eigenvalue weighted by Crippen LogP contribution is 2.43. The lowest BCUT2D eigenvalue weighted by Gasteiger charge is -2.45. The van der Waals surface area contributed by atoms with Gasteiger partial charge >= 0.3 is 0 Å². The molecule has 1 atom stereocenters. The number of hydrogen-bond acceptors (Lipinski definition) is 4. The van der Waals surface area contributed by atoms with Crippen molar-refractivity contribution in [2.24, 2.45) is 5.73 Å². The molecule has 0 aliphatic heterocycles. The van der Waals surface area contributed by atoms with Crippen LogP contribution in [-0.2, 0) is 0 Å². The summed E-state index contributed by atoms with van der Waals surface area (Å²) in [6, 6.07) is 2.05. The molecule has 1 aromatic heterocycles. The summed E-state index contributed by atoms with van der Waals surface area (Å²) in [7, 11) is 0. The number of nitrogens with zero attached hydrogens (tertiary/aromatic N) is 2. The minimum atomic E-state index is -0.00666. The van der Waals surface area contributed by atoms with Crippen molar-refractivity contribution in [2.75, 3.05) is 19.7 Å². The van der Waals surface area contributed by atoms with Crippen LogP contribution in [0.1, 0.15) is 58.1 Å². The molecule has 0 amide bonds. The number of aromatic nitrogens is 1. The minimum Gasteiger partial charge on any atom is -0.492 e. The molecule has 1 unspecified atom stereocenters. The minimum absolute atomic E-state index is 0.00666. The second-order valence-corrected chi connectivity index (χ2v) is 5.85. The zero-order valence-corrected chi connectivity index (χ0v) is 13.6. The second-order valence-electron chi connectivity index (χ2n) is 5.85. The van der Waals surface area contributed by atoms with Crippen molar-refractivity contribution in [3.8, 4) is 5.75 Å². The first-order valence-corrected chi connectivity index (χ1v) is 8.26. The Morgan fingerprint density at radius 1 is 1.24 bits per heavy atom. The zero-order chi connectivity index (χ0) is 15.3. The standard InChI is InChI=1S/C17H29N3O/c1-4-20(5-2)17(9-7-8-10-17)16(18)14-11-15(21-6-3)13-19-12-14/h11-13,16H,4-10,18H2,1-3H3. The van der Waals surface area contributed by atoms with Crippen LogP contribution < -0.4 is 10.5 Å². The van der Waals surface area contributed by atoms with Crippen LogP contribution >= 0.6 is 0 Å². The number of likely N-dealkylation sites (N-methyl/N-ethyl adjacent to an activating group) is 1. The van der Waals surface area contributed by atoms with E-state index < -0.39 is 0 Å². The molecular formula is C17H29N3O. The molecule has 0 saturated heterocycles. The van der Waals surface area contributed by atoms with Crippen LogP contribution in [-0.4, -0.2) is 35.1 Å². The highest BCUT2D eigenvalue weighted by atomic mass is 16.5. The van der Waals surface area contributed by atoms with E-state index in [4.69, 9.17) is 10.5 Å². The first-order chi connectivity index (χ1) is 10.2. The van der Waals surface area contributed by atoms with Gasteiger partial charge in [-0.15, -0.1) is 0 Å². The summed E-state index contributed by atoms with van der Waals surface area (Å²) in [4.78, 5) is 6.85. The molecule has 1 aromatic rings. The maximum absolute atomic E-state index is 6.72. The van der Waals surface area contributed by atoms with Gasteiger partial charge in [-0.25, -0.2) is 0 Å². The quantitative estimate of drug-likeness (QED) is 0.838. The molecule has 2 N–H and O–H groups in total. The molecule has 4 heteroatoms. The van der Waals surface area contributed by atoms with E-state index in [2.05, 4.69) is 29.8 Å². The second kappa shape index (κ2) is 7.23. The fourth-order valence-electron chi connectivity index (χ4n) is 3.83. The van der Waals surface area contributed by atoms with E-state index in [1.165, 1.54) is 25.7 Å². The number of hydrogen-bond donors (Lipinski definition) is 1. The molecule has 1 aliphatic carbocycles. The molecule has 1 heterocycles. The summed E-state index contributed by atoms with van der Waals surface area (Å²) >= 11 is 0. The van der Waals surface area contributed by atoms with Crippen LogP contribution in [0, 0.1) is 0 Å². The molecule has 0 aromatic carbocycles. The van der Waals surface area contributed by atoms with Crippen LogP contribution in [0.5, 0.6) is 5.75 Å². The molecule has 1 saturated carbocycles. The lowest BCUT2D eigenvalue weighted by atomic mass is 9.83. The highest BCUT2D eigenvalue weighted by molar-refractivity contribution is 5.29. The van der Waals surface area contributed by atoms with Crippen molar-refractivity contribution in [2.45, 2.75) is 58.0 Å². The van der Waals surface area contributed by atoms with Crippen LogP contribution in [0.25, 0.3) is 0 Å². The molecule has 0 radical (unpaired) electrons. The van der Waals surface area contributed by atoms with Gasteiger partial charge in [-0.1, -0.05) is 26.7 Å². The largest absolute Gasteiger partial charge is 0.492 e. The molecule has 1 fully saturated rings. The number of ether oxygens (including phenoxy) is 1. The van der Waals surface area contributed by atoms with Gasteiger partial charge in [-0.3, -0.25) is 9.88 Å². The van der Waals surface area contributed by atoms with Gasteiger partial charge in [0.2, 0.25) is 0 Å². The Balaban J connectivity index is 2.30. The Labute approximate surface area is 128 Å². The van der Waals surface area contributed by atoms with E-state index in [0.29, 0.717) is 6.61 Å². The van der Waals surface area contributed by atoms with Crippen molar-refractivity contribution in [3.05, 3.63) is 24.0 Å². The summed E-state index contributed by atoms with van der Waals surface area (Å²) in [5, 5.41) is 0. The summed E-state index contributed by atoms with van der Waals surface area (Å²) in [5.41, 5.74) is 7.89.